The zero-order valence-corrected chi connectivity index (χ0v) is 18.5. The summed E-state index contributed by atoms with van der Waals surface area (Å²) < 4.78 is 5.80. The lowest BCUT2D eigenvalue weighted by Crippen LogP contribution is -2.31. The maximum atomic E-state index is 12.7. The second-order valence-corrected chi connectivity index (χ2v) is 8.05. The Morgan fingerprint density at radius 2 is 1.71 bits per heavy atom. The van der Waals surface area contributed by atoms with Gasteiger partial charge in [-0.2, -0.15) is 0 Å². The van der Waals surface area contributed by atoms with Gasteiger partial charge in [-0.15, -0.1) is 0 Å². The van der Waals surface area contributed by atoms with Crippen LogP contribution < -0.4 is 15.4 Å². The highest BCUT2D eigenvalue weighted by Gasteiger charge is 2.17. The number of nitrogens with one attached hydrogen (secondary N) is 2. The predicted molar refractivity (Wildman–Crippen MR) is 125 cm³/mol. The zero-order chi connectivity index (χ0) is 22.1. The zero-order valence-electron chi connectivity index (χ0n) is 18.5. The number of amides is 2. The Bertz CT molecular complexity index is 859. The molecule has 3 rings (SSSR count). The van der Waals surface area contributed by atoms with Gasteiger partial charge in [0.05, 0.1) is 12.6 Å². The summed E-state index contributed by atoms with van der Waals surface area (Å²) in [4.78, 5) is 26.9. The van der Waals surface area contributed by atoms with Crippen LogP contribution in [0.4, 0.5) is 11.4 Å². The molecule has 6 nitrogen and oxygen atoms in total. The van der Waals surface area contributed by atoms with Gasteiger partial charge < -0.3 is 20.3 Å². The van der Waals surface area contributed by atoms with Crippen molar-refractivity contribution in [3.63, 3.8) is 0 Å². The van der Waals surface area contributed by atoms with E-state index >= 15 is 0 Å². The summed E-state index contributed by atoms with van der Waals surface area (Å²) in [6, 6.07) is 14.7. The fourth-order valence-corrected chi connectivity index (χ4v) is 3.54. The Hall–Kier alpha value is -3.02. The van der Waals surface area contributed by atoms with E-state index in [-0.39, 0.29) is 24.5 Å². The third kappa shape index (κ3) is 7.02. The normalized spacial score (nSPS) is 15.0. The van der Waals surface area contributed by atoms with E-state index in [1.54, 1.807) is 0 Å². The molecule has 0 aromatic heterocycles. The molecule has 1 aliphatic rings. The molecular weight excluding hydrogens is 390 g/mol. The molecule has 2 aromatic rings. The number of likely N-dealkylation sites (tertiary alicyclic amines) is 1. The van der Waals surface area contributed by atoms with Crippen LogP contribution in [0.5, 0.6) is 5.75 Å². The number of hydrogen-bond donors (Lipinski definition) is 2. The monoisotopic (exact) mass is 423 g/mol. The molecule has 0 spiro atoms. The van der Waals surface area contributed by atoms with Crippen molar-refractivity contribution in [1.29, 1.82) is 0 Å². The molecule has 0 bridgehead atoms. The number of carbonyl (C=O) groups is 2. The van der Waals surface area contributed by atoms with E-state index in [1.165, 1.54) is 12.8 Å². The first-order valence-corrected chi connectivity index (χ1v) is 11.2. The van der Waals surface area contributed by atoms with Gasteiger partial charge in [0.25, 0.3) is 5.91 Å². The first-order chi connectivity index (χ1) is 15.0. The maximum Gasteiger partial charge on any atom is 0.253 e. The van der Waals surface area contributed by atoms with E-state index in [9.17, 15) is 9.59 Å². The molecule has 1 unspecified atom stereocenters. The molecule has 31 heavy (non-hydrogen) atoms. The Labute approximate surface area is 185 Å². The summed E-state index contributed by atoms with van der Waals surface area (Å²) in [5, 5.41) is 5.99. The van der Waals surface area contributed by atoms with Crippen molar-refractivity contribution in [3.8, 4) is 5.75 Å². The van der Waals surface area contributed by atoms with Gasteiger partial charge in [-0.05, 0) is 62.6 Å². The Morgan fingerprint density at radius 3 is 2.39 bits per heavy atom. The van der Waals surface area contributed by atoms with Gasteiger partial charge in [-0.3, -0.25) is 9.59 Å². The fraction of sp³-hybridized carbons (Fsp3) is 0.440. The summed E-state index contributed by atoms with van der Waals surface area (Å²) in [6.45, 7) is 5.89. The molecule has 1 heterocycles. The second-order valence-electron chi connectivity index (χ2n) is 8.05. The molecule has 2 aromatic carbocycles. The van der Waals surface area contributed by atoms with Crippen molar-refractivity contribution in [2.24, 2.45) is 0 Å². The van der Waals surface area contributed by atoms with Crippen LogP contribution in [0.2, 0.25) is 0 Å². The third-order valence-corrected chi connectivity index (χ3v) is 5.51. The quantitative estimate of drug-likeness (QED) is 0.632. The number of benzene rings is 2. The van der Waals surface area contributed by atoms with Gasteiger partial charge in [-0.25, -0.2) is 0 Å². The minimum Gasteiger partial charge on any atom is -0.491 e. The van der Waals surface area contributed by atoms with Crippen molar-refractivity contribution in [2.45, 2.75) is 52.1 Å². The standard InChI is InChI=1S/C25H33N3O3/c1-3-19(2)31-23-10-8-9-22(17-23)27-24(29)18-26-21-13-11-20(12-14-21)25(30)28-15-6-4-5-7-16-28/h8-14,17,19,26H,3-7,15-16,18H2,1-2H3,(H,27,29). The van der Waals surface area contributed by atoms with Crippen molar-refractivity contribution in [2.75, 3.05) is 30.3 Å². The van der Waals surface area contributed by atoms with Crippen LogP contribution in [-0.4, -0.2) is 42.5 Å². The first kappa shape index (κ1) is 22.7. The van der Waals surface area contributed by atoms with Gasteiger partial charge in [-0.1, -0.05) is 25.8 Å². The van der Waals surface area contributed by atoms with E-state index in [2.05, 4.69) is 17.6 Å². The Morgan fingerprint density at radius 1 is 1.00 bits per heavy atom. The SMILES string of the molecule is CCC(C)Oc1cccc(NC(=O)CNc2ccc(C(=O)N3CCCCCC3)cc2)c1. The van der Waals surface area contributed by atoms with Crippen LogP contribution in [0.1, 0.15) is 56.3 Å². The molecule has 1 fully saturated rings. The van der Waals surface area contributed by atoms with E-state index < -0.39 is 0 Å². The Balaban J connectivity index is 1.49. The molecule has 1 atom stereocenters. The maximum absolute atomic E-state index is 12.7. The number of anilines is 2. The molecule has 1 saturated heterocycles. The minimum atomic E-state index is -0.148. The fourth-order valence-electron chi connectivity index (χ4n) is 3.54. The summed E-state index contributed by atoms with van der Waals surface area (Å²) in [7, 11) is 0. The van der Waals surface area contributed by atoms with Gasteiger partial charge in [0.15, 0.2) is 0 Å². The highest BCUT2D eigenvalue weighted by atomic mass is 16.5. The molecule has 0 radical (unpaired) electrons. The molecule has 166 valence electrons. The number of ether oxygens (including phenoxy) is 1. The molecule has 6 heteroatoms. The van der Waals surface area contributed by atoms with Crippen molar-refractivity contribution in [1.82, 2.24) is 4.90 Å². The third-order valence-electron chi connectivity index (χ3n) is 5.51. The second kappa shape index (κ2) is 11.4. The summed E-state index contributed by atoms with van der Waals surface area (Å²) in [5.41, 5.74) is 2.19. The highest BCUT2D eigenvalue weighted by Crippen LogP contribution is 2.19. The van der Waals surface area contributed by atoms with Crippen LogP contribution in [0, 0.1) is 0 Å². The lowest BCUT2D eigenvalue weighted by Gasteiger charge is -2.20. The predicted octanol–water partition coefficient (Wildman–Crippen LogP) is 4.93. The average molecular weight is 424 g/mol. The molecule has 2 N–H and O–H groups in total. The topological polar surface area (TPSA) is 70.7 Å². The van der Waals surface area contributed by atoms with Gasteiger partial charge >= 0.3 is 0 Å². The number of hydrogen-bond acceptors (Lipinski definition) is 4. The molecule has 0 aliphatic carbocycles. The first-order valence-electron chi connectivity index (χ1n) is 11.2. The van der Waals surface area contributed by atoms with Crippen LogP contribution in [0.3, 0.4) is 0 Å². The number of nitrogens with zero attached hydrogens (tertiary/aromatic N) is 1. The molecule has 1 aliphatic heterocycles. The van der Waals surface area contributed by atoms with Crippen molar-refractivity contribution in [3.05, 3.63) is 54.1 Å². The average Bonchev–Trinajstić information content (AvgIpc) is 3.07. The summed E-state index contributed by atoms with van der Waals surface area (Å²) in [6.07, 6.45) is 5.60. The molecule has 2 amide bonds. The van der Waals surface area contributed by atoms with Gasteiger partial charge in [0.2, 0.25) is 5.91 Å². The van der Waals surface area contributed by atoms with E-state index in [4.69, 9.17) is 4.74 Å². The van der Waals surface area contributed by atoms with E-state index in [0.29, 0.717) is 11.3 Å². The van der Waals surface area contributed by atoms with Gasteiger partial charge in [0, 0.05) is 36.1 Å². The highest BCUT2D eigenvalue weighted by molar-refractivity contribution is 5.95. The van der Waals surface area contributed by atoms with Crippen molar-refractivity contribution < 1.29 is 14.3 Å². The van der Waals surface area contributed by atoms with Crippen molar-refractivity contribution >= 4 is 23.2 Å². The minimum absolute atomic E-state index is 0.0886. The largest absolute Gasteiger partial charge is 0.491 e. The van der Waals surface area contributed by atoms with Gasteiger partial charge in [0.1, 0.15) is 5.75 Å². The number of carbonyl (C=O) groups excluding carboxylic acids is 2. The van der Waals surface area contributed by atoms with E-state index in [0.717, 1.165) is 43.8 Å². The van der Waals surface area contributed by atoms with Crippen LogP contribution in [0.25, 0.3) is 0 Å². The lowest BCUT2D eigenvalue weighted by molar-refractivity contribution is -0.114. The smallest absolute Gasteiger partial charge is 0.253 e. The number of rotatable bonds is 8. The Kier molecular flexibility index (Phi) is 8.33. The molecule has 0 saturated carbocycles. The molecular formula is C25H33N3O3. The lowest BCUT2D eigenvalue weighted by atomic mass is 10.1. The summed E-state index contributed by atoms with van der Waals surface area (Å²) in [5.74, 6) is 0.681. The van der Waals surface area contributed by atoms with Crippen LogP contribution in [-0.2, 0) is 4.79 Å². The van der Waals surface area contributed by atoms with Crippen LogP contribution >= 0.6 is 0 Å². The van der Waals surface area contributed by atoms with E-state index in [1.807, 2.05) is 60.4 Å². The summed E-state index contributed by atoms with van der Waals surface area (Å²) >= 11 is 0. The van der Waals surface area contributed by atoms with Crippen LogP contribution in [0.15, 0.2) is 48.5 Å².